The van der Waals surface area contributed by atoms with Gasteiger partial charge in [0.1, 0.15) is 11.4 Å². The molecule has 1 aliphatic heterocycles. The topological polar surface area (TPSA) is 40.5 Å². The number of carboxylic acid groups (broad SMARTS) is 1. The zero-order valence-corrected chi connectivity index (χ0v) is 11.6. The van der Waals surface area contributed by atoms with Gasteiger partial charge in [-0.3, -0.25) is 0 Å². The Balaban J connectivity index is 1.80. The van der Waals surface area contributed by atoms with Crippen molar-refractivity contribution < 1.29 is 14.3 Å². The third kappa shape index (κ3) is 2.28. The first kappa shape index (κ1) is 13.4. The Morgan fingerprint density at radius 2 is 1.80 bits per heavy atom. The maximum absolute atomic E-state index is 13.7. The Kier molecular flexibility index (Phi) is 3.40. The van der Waals surface area contributed by atoms with Crippen molar-refractivity contribution in [2.75, 3.05) is 18.0 Å². The lowest BCUT2D eigenvalue weighted by atomic mass is 9.73. The van der Waals surface area contributed by atoms with Crippen LogP contribution in [0, 0.1) is 11.2 Å². The fourth-order valence-corrected chi connectivity index (χ4v) is 3.72. The zero-order valence-electron chi connectivity index (χ0n) is 11.6. The molecule has 1 aromatic carbocycles. The molecule has 1 spiro atoms. The van der Waals surface area contributed by atoms with Gasteiger partial charge in [0.25, 0.3) is 0 Å². The van der Waals surface area contributed by atoms with Crippen LogP contribution >= 0.6 is 0 Å². The Morgan fingerprint density at radius 1 is 1.15 bits per heavy atom. The number of benzene rings is 1. The molecule has 2 aliphatic rings. The molecule has 1 aromatic rings. The molecule has 0 radical (unpaired) electrons. The van der Waals surface area contributed by atoms with E-state index >= 15 is 0 Å². The van der Waals surface area contributed by atoms with Crippen LogP contribution in [0.2, 0.25) is 0 Å². The van der Waals surface area contributed by atoms with Gasteiger partial charge >= 0.3 is 5.97 Å². The summed E-state index contributed by atoms with van der Waals surface area (Å²) in [6.45, 7) is 1.74. The predicted octanol–water partition coefficient (Wildman–Crippen LogP) is 3.68. The highest BCUT2D eigenvalue weighted by Gasteiger charge is 2.43. The highest BCUT2D eigenvalue weighted by atomic mass is 19.1. The summed E-state index contributed by atoms with van der Waals surface area (Å²) >= 11 is 0. The molecule has 1 saturated heterocycles. The van der Waals surface area contributed by atoms with E-state index in [1.54, 1.807) is 12.1 Å². The summed E-state index contributed by atoms with van der Waals surface area (Å²) < 4.78 is 13.7. The van der Waals surface area contributed by atoms with Crippen LogP contribution in [0.4, 0.5) is 10.1 Å². The lowest BCUT2D eigenvalue weighted by molar-refractivity contribution is 0.0691. The number of carboxylic acids is 1. The number of aromatic carboxylic acids is 1. The van der Waals surface area contributed by atoms with Crippen LogP contribution in [-0.2, 0) is 0 Å². The Bertz CT molecular complexity index is 513. The molecule has 1 N–H and O–H groups in total. The molecule has 0 amide bonds. The smallest absolute Gasteiger partial charge is 0.340 e. The molecule has 1 saturated carbocycles. The second kappa shape index (κ2) is 5.08. The number of hydrogen-bond donors (Lipinski definition) is 1. The molecule has 2 fully saturated rings. The molecule has 0 bridgehead atoms. The first-order valence-electron chi connectivity index (χ1n) is 7.38. The summed E-state index contributed by atoms with van der Waals surface area (Å²) in [5.74, 6) is -1.82. The van der Waals surface area contributed by atoms with Crippen molar-refractivity contribution in [3.05, 3.63) is 29.6 Å². The van der Waals surface area contributed by atoms with Crippen molar-refractivity contribution in [1.29, 1.82) is 0 Å². The molecule has 4 heteroatoms. The average Bonchev–Trinajstić information content (AvgIpc) is 2.61. The molecule has 3 rings (SSSR count). The number of carbonyl (C=O) groups is 1. The molecule has 3 nitrogen and oxygen atoms in total. The van der Waals surface area contributed by atoms with Gasteiger partial charge in [-0.2, -0.15) is 0 Å². The number of rotatable bonds is 2. The van der Waals surface area contributed by atoms with Gasteiger partial charge in [-0.05, 0) is 25.0 Å². The molecular formula is C16H20FNO2. The van der Waals surface area contributed by atoms with Gasteiger partial charge in [-0.25, -0.2) is 9.18 Å². The van der Waals surface area contributed by atoms with E-state index in [4.69, 9.17) is 0 Å². The van der Waals surface area contributed by atoms with E-state index in [0.29, 0.717) is 11.1 Å². The second-order valence-corrected chi connectivity index (χ2v) is 6.21. The van der Waals surface area contributed by atoms with Crippen molar-refractivity contribution in [1.82, 2.24) is 0 Å². The van der Waals surface area contributed by atoms with E-state index in [1.807, 2.05) is 4.90 Å². The van der Waals surface area contributed by atoms with E-state index in [9.17, 15) is 14.3 Å². The van der Waals surface area contributed by atoms with E-state index in [2.05, 4.69) is 0 Å². The van der Waals surface area contributed by atoms with Crippen molar-refractivity contribution in [2.45, 2.75) is 38.5 Å². The quantitative estimate of drug-likeness (QED) is 0.896. The van der Waals surface area contributed by atoms with E-state index in [0.717, 1.165) is 13.1 Å². The van der Waals surface area contributed by atoms with E-state index < -0.39 is 11.8 Å². The fraction of sp³-hybridized carbons (Fsp3) is 0.562. The predicted molar refractivity (Wildman–Crippen MR) is 75.7 cm³/mol. The van der Waals surface area contributed by atoms with Crippen molar-refractivity contribution in [2.24, 2.45) is 5.41 Å². The van der Waals surface area contributed by atoms with Crippen LogP contribution in [0.3, 0.4) is 0 Å². The first-order chi connectivity index (χ1) is 9.61. The zero-order chi connectivity index (χ0) is 14.2. The van der Waals surface area contributed by atoms with Gasteiger partial charge in [-0.1, -0.05) is 31.7 Å². The van der Waals surface area contributed by atoms with Gasteiger partial charge in [0.05, 0.1) is 5.69 Å². The number of anilines is 1. The molecule has 0 aromatic heterocycles. The fourth-order valence-electron chi connectivity index (χ4n) is 3.72. The lowest BCUT2D eigenvalue weighted by Gasteiger charge is -2.52. The van der Waals surface area contributed by atoms with Gasteiger partial charge in [0.2, 0.25) is 0 Å². The van der Waals surface area contributed by atoms with Crippen LogP contribution in [0.25, 0.3) is 0 Å². The highest BCUT2D eigenvalue weighted by Crippen LogP contribution is 2.45. The minimum atomic E-state index is -1.18. The Hall–Kier alpha value is -1.58. The first-order valence-corrected chi connectivity index (χ1v) is 7.38. The summed E-state index contributed by atoms with van der Waals surface area (Å²) in [6.07, 6.45) is 7.60. The van der Waals surface area contributed by atoms with Crippen molar-refractivity contribution >= 4 is 11.7 Å². The third-order valence-corrected chi connectivity index (χ3v) is 4.76. The van der Waals surface area contributed by atoms with Gasteiger partial charge in [0, 0.05) is 18.5 Å². The largest absolute Gasteiger partial charge is 0.478 e. The Labute approximate surface area is 118 Å². The van der Waals surface area contributed by atoms with Crippen LogP contribution < -0.4 is 4.90 Å². The maximum atomic E-state index is 13.7. The highest BCUT2D eigenvalue weighted by molar-refractivity contribution is 5.95. The minimum absolute atomic E-state index is 0.184. The molecule has 20 heavy (non-hydrogen) atoms. The molecular weight excluding hydrogens is 257 g/mol. The number of nitrogens with zero attached hydrogens (tertiary/aromatic N) is 1. The van der Waals surface area contributed by atoms with E-state index in [1.165, 1.54) is 44.6 Å². The molecule has 0 atom stereocenters. The van der Waals surface area contributed by atoms with Crippen LogP contribution in [0.1, 0.15) is 48.9 Å². The molecule has 0 unspecified atom stereocenters. The third-order valence-electron chi connectivity index (χ3n) is 4.76. The molecule has 1 aliphatic carbocycles. The summed E-state index contributed by atoms with van der Waals surface area (Å²) in [5.41, 5.74) is 0.696. The van der Waals surface area contributed by atoms with Crippen LogP contribution in [0.15, 0.2) is 18.2 Å². The van der Waals surface area contributed by atoms with Crippen molar-refractivity contribution in [3.63, 3.8) is 0 Å². The van der Waals surface area contributed by atoms with Crippen LogP contribution in [0.5, 0.6) is 0 Å². The SMILES string of the molecule is O=C(O)c1c(F)cccc1N1CC2(CCCCCC2)C1. The summed E-state index contributed by atoms with van der Waals surface area (Å²) in [4.78, 5) is 13.3. The Morgan fingerprint density at radius 3 is 2.40 bits per heavy atom. The average molecular weight is 277 g/mol. The van der Waals surface area contributed by atoms with E-state index in [-0.39, 0.29) is 5.56 Å². The van der Waals surface area contributed by atoms with Gasteiger partial charge < -0.3 is 10.0 Å². The summed E-state index contributed by atoms with van der Waals surface area (Å²) in [6, 6.07) is 4.53. The molecule has 1 heterocycles. The second-order valence-electron chi connectivity index (χ2n) is 6.21. The molecule has 108 valence electrons. The van der Waals surface area contributed by atoms with Gasteiger partial charge in [-0.15, -0.1) is 0 Å². The normalized spacial score (nSPS) is 21.4. The minimum Gasteiger partial charge on any atom is -0.478 e. The summed E-state index contributed by atoms with van der Waals surface area (Å²) in [5, 5.41) is 9.20. The number of halogens is 1. The van der Waals surface area contributed by atoms with Gasteiger partial charge in [0.15, 0.2) is 0 Å². The standard InChI is InChI=1S/C16H20FNO2/c17-12-6-5-7-13(14(12)15(19)20)18-10-16(11-18)8-3-1-2-4-9-16/h5-7H,1-4,8-11H2,(H,19,20). The maximum Gasteiger partial charge on any atom is 0.340 e. The summed E-state index contributed by atoms with van der Waals surface area (Å²) in [7, 11) is 0. The van der Waals surface area contributed by atoms with Crippen LogP contribution in [-0.4, -0.2) is 24.2 Å². The number of hydrogen-bond acceptors (Lipinski definition) is 2. The lowest BCUT2D eigenvalue weighted by Crippen LogP contribution is -2.56. The van der Waals surface area contributed by atoms with Crippen molar-refractivity contribution in [3.8, 4) is 0 Å². The monoisotopic (exact) mass is 277 g/mol.